The van der Waals surface area contributed by atoms with Gasteiger partial charge >= 0.3 is 0 Å². The molecule has 5 nitrogen and oxygen atoms in total. The lowest BCUT2D eigenvalue weighted by atomic mass is 9.98. The van der Waals surface area contributed by atoms with Gasteiger partial charge in [0.2, 0.25) is 5.91 Å². The zero-order valence-electron chi connectivity index (χ0n) is 11.9. The second kappa shape index (κ2) is 6.24. The van der Waals surface area contributed by atoms with Gasteiger partial charge in [0.15, 0.2) is 0 Å². The molecule has 1 aliphatic heterocycles. The van der Waals surface area contributed by atoms with Gasteiger partial charge in [-0.25, -0.2) is 0 Å². The maximum Gasteiger partial charge on any atom is 0.238 e. The molecule has 0 bridgehead atoms. The predicted molar refractivity (Wildman–Crippen MR) is 80.4 cm³/mol. The van der Waals surface area contributed by atoms with Gasteiger partial charge in [-0.05, 0) is 50.9 Å². The van der Waals surface area contributed by atoms with Crippen LogP contribution in [0.15, 0.2) is 24.3 Å². The highest BCUT2D eigenvalue weighted by atomic mass is 16.3. The summed E-state index contributed by atoms with van der Waals surface area (Å²) in [5, 5.41) is 12.9. The number of carbonyl (C=O) groups is 1. The molecule has 1 fully saturated rings. The topological polar surface area (TPSA) is 78.6 Å². The molecule has 1 aromatic carbocycles. The van der Waals surface area contributed by atoms with E-state index >= 15 is 0 Å². The van der Waals surface area contributed by atoms with Crippen molar-refractivity contribution in [3.05, 3.63) is 24.3 Å². The van der Waals surface area contributed by atoms with E-state index in [4.69, 9.17) is 5.73 Å². The fourth-order valence-corrected chi connectivity index (χ4v) is 2.50. The molecular formula is C15H23N3O2. The van der Waals surface area contributed by atoms with E-state index in [0.717, 1.165) is 31.6 Å². The molecule has 0 radical (unpaired) electrons. The largest absolute Gasteiger partial charge is 0.399 e. The van der Waals surface area contributed by atoms with Crippen molar-refractivity contribution in [1.29, 1.82) is 0 Å². The van der Waals surface area contributed by atoms with E-state index in [1.54, 1.807) is 12.1 Å². The zero-order chi connectivity index (χ0) is 14.6. The first kappa shape index (κ1) is 14.8. The lowest BCUT2D eigenvalue weighted by Gasteiger charge is -2.22. The minimum absolute atomic E-state index is 0.0443. The lowest BCUT2D eigenvalue weighted by Crippen LogP contribution is -2.35. The van der Waals surface area contributed by atoms with Crippen molar-refractivity contribution in [3.8, 4) is 0 Å². The highest BCUT2D eigenvalue weighted by molar-refractivity contribution is 5.92. The van der Waals surface area contributed by atoms with E-state index < -0.39 is 5.60 Å². The van der Waals surface area contributed by atoms with Crippen molar-refractivity contribution < 1.29 is 9.90 Å². The Bertz CT molecular complexity index is 474. The number of nitrogen functional groups attached to an aromatic ring is 1. The van der Waals surface area contributed by atoms with Gasteiger partial charge in [-0.1, -0.05) is 6.07 Å². The highest BCUT2D eigenvalue weighted by Crippen LogP contribution is 2.21. The van der Waals surface area contributed by atoms with Crippen molar-refractivity contribution in [2.45, 2.75) is 31.8 Å². The fraction of sp³-hybridized carbons (Fsp3) is 0.533. The summed E-state index contributed by atoms with van der Waals surface area (Å²) in [5.74, 6) is -0.0443. The molecule has 20 heavy (non-hydrogen) atoms. The maximum atomic E-state index is 12.0. The molecule has 0 aliphatic carbocycles. The fourth-order valence-electron chi connectivity index (χ4n) is 2.50. The Labute approximate surface area is 119 Å². The van der Waals surface area contributed by atoms with Crippen LogP contribution in [-0.2, 0) is 4.79 Å². The summed E-state index contributed by atoms with van der Waals surface area (Å²) in [6.07, 6.45) is 2.41. The van der Waals surface area contributed by atoms with Gasteiger partial charge in [-0.2, -0.15) is 0 Å². The Morgan fingerprint density at radius 2 is 2.25 bits per heavy atom. The summed E-state index contributed by atoms with van der Waals surface area (Å²) in [6, 6.07) is 7.16. The first-order valence-corrected chi connectivity index (χ1v) is 7.05. The molecule has 0 saturated carbocycles. The van der Waals surface area contributed by atoms with Crippen molar-refractivity contribution in [3.63, 3.8) is 0 Å². The minimum atomic E-state index is -0.598. The smallest absolute Gasteiger partial charge is 0.238 e. The van der Waals surface area contributed by atoms with Gasteiger partial charge in [-0.3, -0.25) is 9.69 Å². The summed E-state index contributed by atoms with van der Waals surface area (Å²) in [6.45, 7) is 3.81. The van der Waals surface area contributed by atoms with Gasteiger partial charge in [0, 0.05) is 17.9 Å². The zero-order valence-corrected chi connectivity index (χ0v) is 11.9. The second-order valence-electron chi connectivity index (χ2n) is 5.80. The number of anilines is 2. The molecule has 1 aliphatic rings. The molecule has 110 valence electrons. The molecule has 1 aromatic rings. The van der Waals surface area contributed by atoms with Crippen LogP contribution < -0.4 is 11.1 Å². The molecule has 4 N–H and O–H groups in total. The van der Waals surface area contributed by atoms with Crippen LogP contribution in [0, 0.1) is 0 Å². The number of nitrogens with two attached hydrogens (primary N) is 1. The minimum Gasteiger partial charge on any atom is -0.399 e. The van der Waals surface area contributed by atoms with Crippen molar-refractivity contribution >= 4 is 17.3 Å². The number of rotatable bonds is 3. The standard InChI is InChI=1S/C15H23N3O2/c1-15(20)6-3-8-18(9-7-15)11-14(19)17-13-5-2-4-12(16)10-13/h2,4-5,10,20H,3,6-9,11,16H2,1H3,(H,17,19). The maximum absolute atomic E-state index is 12.0. The van der Waals surface area contributed by atoms with Crippen LogP contribution >= 0.6 is 0 Å². The Morgan fingerprint density at radius 1 is 1.45 bits per heavy atom. The number of nitrogens with one attached hydrogen (secondary N) is 1. The van der Waals surface area contributed by atoms with Crippen LogP contribution in [-0.4, -0.2) is 41.1 Å². The van der Waals surface area contributed by atoms with E-state index in [2.05, 4.69) is 10.2 Å². The number of amides is 1. The SMILES string of the molecule is CC1(O)CCCN(CC(=O)Nc2cccc(N)c2)CC1. The van der Waals surface area contributed by atoms with Gasteiger partial charge < -0.3 is 16.2 Å². The third-order valence-electron chi connectivity index (χ3n) is 3.69. The van der Waals surface area contributed by atoms with E-state index in [1.807, 2.05) is 19.1 Å². The molecule has 2 rings (SSSR count). The number of aliphatic hydroxyl groups is 1. The molecule has 1 saturated heterocycles. The van der Waals surface area contributed by atoms with Crippen LogP contribution in [0.1, 0.15) is 26.2 Å². The summed E-state index contributed by atoms with van der Waals surface area (Å²) in [5.41, 5.74) is 6.43. The van der Waals surface area contributed by atoms with E-state index in [-0.39, 0.29) is 5.91 Å². The van der Waals surface area contributed by atoms with Gasteiger partial charge in [0.1, 0.15) is 0 Å². The van der Waals surface area contributed by atoms with Crippen LogP contribution in [0.5, 0.6) is 0 Å². The average molecular weight is 277 g/mol. The Morgan fingerprint density at radius 3 is 3.00 bits per heavy atom. The van der Waals surface area contributed by atoms with Crippen LogP contribution in [0.25, 0.3) is 0 Å². The molecule has 5 heteroatoms. The number of benzene rings is 1. The Hall–Kier alpha value is -1.59. The predicted octanol–water partition coefficient (Wildman–Crippen LogP) is 1.44. The van der Waals surface area contributed by atoms with Crippen molar-refractivity contribution in [2.75, 3.05) is 30.7 Å². The molecule has 0 aromatic heterocycles. The van der Waals surface area contributed by atoms with Crippen LogP contribution in [0.2, 0.25) is 0 Å². The molecular weight excluding hydrogens is 254 g/mol. The van der Waals surface area contributed by atoms with E-state index in [1.165, 1.54) is 0 Å². The summed E-state index contributed by atoms with van der Waals surface area (Å²) in [7, 11) is 0. The molecule has 1 unspecified atom stereocenters. The summed E-state index contributed by atoms with van der Waals surface area (Å²) >= 11 is 0. The first-order valence-electron chi connectivity index (χ1n) is 7.05. The molecule has 1 heterocycles. The van der Waals surface area contributed by atoms with Crippen molar-refractivity contribution in [2.24, 2.45) is 0 Å². The first-order chi connectivity index (χ1) is 9.44. The number of carbonyl (C=O) groups excluding carboxylic acids is 1. The number of likely N-dealkylation sites (tertiary alicyclic amines) is 1. The van der Waals surface area contributed by atoms with E-state index in [0.29, 0.717) is 18.7 Å². The molecule has 0 spiro atoms. The summed E-state index contributed by atoms with van der Waals surface area (Å²) < 4.78 is 0. The van der Waals surface area contributed by atoms with Gasteiger partial charge in [0.25, 0.3) is 0 Å². The molecule has 1 amide bonds. The van der Waals surface area contributed by atoms with Crippen molar-refractivity contribution in [1.82, 2.24) is 4.90 Å². The Balaban J connectivity index is 1.85. The number of nitrogens with zero attached hydrogens (tertiary/aromatic N) is 1. The number of hydrogen-bond donors (Lipinski definition) is 3. The quantitative estimate of drug-likeness (QED) is 0.731. The lowest BCUT2D eigenvalue weighted by molar-refractivity contribution is -0.117. The van der Waals surface area contributed by atoms with Gasteiger partial charge in [0.05, 0.1) is 12.1 Å². The molecule has 1 atom stereocenters. The van der Waals surface area contributed by atoms with Crippen LogP contribution in [0.4, 0.5) is 11.4 Å². The average Bonchev–Trinajstić information content (AvgIpc) is 2.51. The Kier molecular flexibility index (Phi) is 4.62. The third-order valence-corrected chi connectivity index (χ3v) is 3.69. The third kappa shape index (κ3) is 4.51. The monoisotopic (exact) mass is 277 g/mol. The summed E-state index contributed by atoms with van der Waals surface area (Å²) in [4.78, 5) is 14.1. The second-order valence-corrected chi connectivity index (χ2v) is 5.80. The van der Waals surface area contributed by atoms with E-state index in [9.17, 15) is 9.90 Å². The number of hydrogen-bond acceptors (Lipinski definition) is 4. The van der Waals surface area contributed by atoms with Crippen LogP contribution in [0.3, 0.4) is 0 Å². The van der Waals surface area contributed by atoms with Gasteiger partial charge in [-0.15, -0.1) is 0 Å². The normalized spacial score (nSPS) is 24.1. The highest BCUT2D eigenvalue weighted by Gasteiger charge is 2.25.